The number of ether oxygens (including phenoxy) is 9. The highest BCUT2D eigenvalue weighted by Gasteiger charge is 2.68. The monoisotopic (exact) mass is 940 g/mol. The summed E-state index contributed by atoms with van der Waals surface area (Å²) >= 11 is 0. The number of nitrogens with one attached hydrogen (secondary N) is 2. The average Bonchev–Trinajstić information content (AvgIpc) is 3.47. The molecule has 2 aliphatic heterocycles. The number of anilines is 1. The third kappa shape index (κ3) is 13.8. The number of hydrogen-bond acceptors (Lipinski definition) is 23. The van der Waals surface area contributed by atoms with E-state index in [2.05, 4.69) is 20.4 Å². The number of amides is 2. The van der Waals surface area contributed by atoms with Gasteiger partial charge in [-0.2, -0.15) is 4.98 Å². The van der Waals surface area contributed by atoms with Gasteiger partial charge in [-0.05, 0) is 6.07 Å². The Morgan fingerprint density at radius 1 is 0.859 bits per heavy atom. The molecule has 12 atom stereocenters. The normalized spacial score (nSPS) is 26.9. The van der Waals surface area contributed by atoms with Crippen molar-refractivity contribution in [3.05, 3.63) is 22.7 Å². The highest BCUT2D eigenvalue weighted by atomic mass is 31.2. The van der Waals surface area contributed by atoms with E-state index < -0.39 is 147 Å². The molecule has 1 aromatic rings. The maximum atomic E-state index is 17.1. The largest absolute Gasteiger partial charge is 0.475 e. The van der Waals surface area contributed by atoms with Gasteiger partial charge in [0.25, 0.3) is 0 Å². The zero-order valence-electron chi connectivity index (χ0n) is 35.5. The summed E-state index contributed by atoms with van der Waals surface area (Å²) in [5.41, 5.74) is -1.11. The van der Waals surface area contributed by atoms with E-state index in [1.807, 2.05) is 0 Å². The van der Waals surface area contributed by atoms with E-state index in [0.717, 1.165) is 72.2 Å². The van der Waals surface area contributed by atoms with Crippen LogP contribution in [0.4, 0.5) is 10.2 Å². The Morgan fingerprint density at radius 2 is 1.44 bits per heavy atom. The van der Waals surface area contributed by atoms with Gasteiger partial charge >= 0.3 is 61.1 Å². The van der Waals surface area contributed by atoms with E-state index >= 15 is 4.39 Å². The van der Waals surface area contributed by atoms with E-state index in [1.165, 1.54) is 0 Å². The van der Waals surface area contributed by atoms with Gasteiger partial charge in [-0.25, -0.2) is 23.1 Å². The molecule has 0 aliphatic carbocycles. The van der Waals surface area contributed by atoms with Crippen LogP contribution >= 0.6 is 7.82 Å². The van der Waals surface area contributed by atoms with E-state index in [9.17, 15) is 57.4 Å². The number of hydrogen-bond donors (Lipinski definition) is 3. The highest BCUT2D eigenvalue weighted by molar-refractivity contribution is 7.47. The number of halogens is 1. The van der Waals surface area contributed by atoms with Crippen LogP contribution in [0.5, 0.6) is 0 Å². The second-order valence-corrected chi connectivity index (χ2v) is 15.1. The molecule has 1 aromatic heterocycles. The lowest BCUT2D eigenvalue weighted by Crippen LogP contribution is -2.74. The summed E-state index contributed by atoms with van der Waals surface area (Å²) in [6.07, 6.45) is -18.2. The molecular weight excluding hydrogens is 894 g/mol. The summed E-state index contributed by atoms with van der Waals surface area (Å²) in [5, 5.41) is 4.48. The Balaban J connectivity index is 2.18. The fraction of sp³-hybridized carbons (Fsp3) is 0.629. The topological polar surface area (TPSA) is 351 Å². The molecular formula is C35H46FN4O23P. The first kappa shape index (κ1) is 52.4. The molecule has 2 aliphatic rings. The first-order chi connectivity index (χ1) is 29.7. The second-order valence-electron chi connectivity index (χ2n) is 13.7. The van der Waals surface area contributed by atoms with Crippen molar-refractivity contribution in [2.75, 3.05) is 25.6 Å². The first-order valence-electron chi connectivity index (χ1n) is 18.6. The van der Waals surface area contributed by atoms with Gasteiger partial charge in [-0.3, -0.25) is 47.4 Å². The molecule has 29 heteroatoms. The Morgan fingerprint density at radius 3 is 1.94 bits per heavy atom. The number of alkyl halides is 1. The number of phosphoric ester groups is 1. The van der Waals surface area contributed by atoms with Crippen LogP contribution in [0.1, 0.15) is 61.6 Å². The minimum absolute atomic E-state index is 0.201. The standard InChI is InChI=1S/C35H46FN4O23P/c1-14(41)37-24-10-11-40(34(50)39-24)32-30(60-21(8)48)27(58-19(6)46)23(61-32)13-55-64(51,52)63-35(33(49)53-9)31(36)29(59-20(7)47)25(38-15(2)42)28(62-35)26(57-18(5)45)22(56-17(4)44)12-54-16(3)43/h10-11,22-23,25-32H,12-13H2,1-9H3,(H,38,42)(H,51,52)(H,37,39,41,50)/t22-,23-,25+,26-,27-,28-,29-,30-,31-,32-,35-/m1/s1. The maximum absolute atomic E-state index is 17.1. The van der Waals surface area contributed by atoms with Crippen molar-refractivity contribution in [2.24, 2.45) is 0 Å². The van der Waals surface area contributed by atoms with Gasteiger partial charge in [-0.15, -0.1) is 0 Å². The first-order valence-corrected chi connectivity index (χ1v) is 20.1. The number of esters is 7. The van der Waals surface area contributed by atoms with Crippen molar-refractivity contribution < 1.29 is 109 Å². The molecule has 2 saturated heterocycles. The molecule has 0 radical (unpaired) electrons. The van der Waals surface area contributed by atoms with E-state index in [0.29, 0.717) is 7.11 Å². The van der Waals surface area contributed by atoms with Crippen LogP contribution in [0.25, 0.3) is 0 Å². The molecule has 2 amide bonds. The zero-order chi connectivity index (χ0) is 48.4. The van der Waals surface area contributed by atoms with Crippen molar-refractivity contribution in [3.8, 4) is 0 Å². The lowest BCUT2D eigenvalue weighted by Gasteiger charge is -2.49. The molecule has 0 saturated carbocycles. The number of carbonyl (C=O) groups is 9. The predicted molar refractivity (Wildman–Crippen MR) is 200 cm³/mol. The zero-order valence-corrected chi connectivity index (χ0v) is 36.4. The summed E-state index contributed by atoms with van der Waals surface area (Å²) in [6.45, 7) is 5.08. The third-order valence-electron chi connectivity index (χ3n) is 8.52. The molecule has 356 valence electrons. The minimum Gasteiger partial charge on any atom is -0.465 e. The Kier molecular flexibility index (Phi) is 18.1. The summed E-state index contributed by atoms with van der Waals surface area (Å²) in [7, 11) is -5.46. The molecule has 64 heavy (non-hydrogen) atoms. The van der Waals surface area contributed by atoms with Gasteiger partial charge in [0.15, 0.2) is 36.7 Å². The quantitative estimate of drug-likeness (QED) is 0.0862. The van der Waals surface area contributed by atoms with Crippen molar-refractivity contribution in [1.29, 1.82) is 0 Å². The van der Waals surface area contributed by atoms with E-state index in [4.69, 9.17) is 46.9 Å². The number of nitrogens with zero attached hydrogens (tertiary/aromatic N) is 2. The fourth-order valence-electron chi connectivity index (χ4n) is 6.43. The molecule has 3 rings (SSSR count). The summed E-state index contributed by atoms with van der Waals surface area (Å²) in [4.78, 5) is 139. The summed E-state index contributed by atoms with van der Waals surface area (Å²) < 4.78 is 89.5. The van der Waals surface area contributed by atoms with Crippen molar-refractivity contribution in [1.82, 2.24) is 14.9 Å². The van der Waals surface area contributed by atoms with Crippen LogP contribution in [0.15, 0.2) is 17.1 Å². The Bertz CT molecular complexity index is 2090. The second kappa shape index (κ2) is 22.1. The molecule has 2 fully saturated rings. The van der Waals surface area contributed by atoms with Crippen LogP contribution in [0, 0.1) is 0 Å². The van der Waals surface area contributed by atoms with Crippen LogP contribution in [0.3, 0.4) is 0 Å². The van der Waals surface area contributed by atoms with Crippen molar-refractivity contribution in [2.45, 2.75) is 122 Å². The van der Waals surface area contributed by atoms with Crippen LogP contribution < -0.4 is 16.3 Å². The number of aromatic nitrogens is 2. The van der Waals surface area contributed by atoms with E-state index in [1.54, 1.807) is 0 Å². The smallest absolute Gasteiger partial charge is 0.465 e. The number of carbonyl (C=O) groups excluding carboxylic acids is 9. The average molecular weight is 941 g/mol. The summed E-state index contributed by atoms with van der Waals surface area (Å²) in [6, 6.07) is -0.918. The molecule has 0 aromatic carbocycles. The van der Waals surface area contributed by atoms with Gasteiger partial charge in [0.1, 0.15) is 24.6 Å². The van der Waals surface area contributed by atoms with Gasteiger partial charge < -0.3 is 58.2 Å². The molecule has 27 nitrogen and oxygen atoms in total. The number of methoxy groups -OCH3 is 1. The summed E-state index contributed by atoms with van der Waals surface area (Å²) in [5.74, 6) is -14.3. The third-order valence-corrected chi connectivity index (χ3v) is 9.50. The van der Waals surface area contributed by atoms with Crippen molar-refractivity contribution in [3.63, 3.8) is 0 Å². The van der Waals surface area contributed by atoms with Gasteiger partial charge in [0.2, 0.25) is 18.0 Å². The highest BCUT2D eigenvalue weighted by Crippen LogP contribution is 2.53. The molecule has 1 unspecified atom stereocenters. The number of phosphoric acid groups is 1. The number of rotatable bonds is 18. The Labute approximate surface area is 361 Å². The van der Waals surface area contributed by atoms with Crippen molar-refractivity contribution >= 4 is 67.2 Å². The fourth-order valence-corrected chi connectivity index (χ4v) is 7.38. The predicted octanol–water partition coefficient (Wildman–Crippen LogP) is -1.43. The van der Waals surface area contributed by atoms with Crippen LogP contribution in [-0.4, -0.2) is 149 Å². The maximum Gasteiger partial charge on any atom is 0.475 e. The Hall–Kier alpha value is -5.93. The van der Waals surface area contributed by atoms with Crippen LogP contribution in [0.2, 0.25) is 0 Å². The van der Waals surface area contributed by atoms with E-state index in [-0.39, 0.29) is 5.82 Å². The molecule has 3 N–H and O–H groups in total. The SMILES string of the molecule is COC(=O)[C@@]1(OP(=O)(O)OC[C@H]2O[C@@H](n3ccc(NC(C)=O)nc3=O)[C@H](OC(C)=O)[C@@H]2OC(C)=O)O[C@@H]([C@H](OC(C)=O)[C@@H](COC(C)=O)OC(C)=O)[C@H](NC(C)=O)[C@@H](OC(C)=O)[C@H]1F. The lowest BCUT2D eigenvalue weighted by molar-refractivity contribution is -0.317. The lowest BCUT2D eigenvalue weighted by atomic mass is 9.86. The molecule has 3 heterocycles. The van der Waals surface area contributed by atoms with Gasteiger partial charge in [-0.1, -0.05) is 0 Å². The minimum atomic E-state index is -6.08. The molecule has 0 bridgehead atoms. The van der Waals surface area contributed by atoms with Gasteiger partial charge in [0, 0.05) is 61.6 Å². The van der Waals surface area contributed by atoms with Crippen LogP contribution in [-0.2, 0) is 99.4 Å². The molecule has 0 spiro atoms. The van der Waals surface area contributed by atoms with Gasteiger partial charge in [0.05, 0.1) is 19.8 Å².